The first kappa shape index (κ1) is 20.5. The molecule has 3 aromatic rings. The number of carbonyl (C=O) groups is 1. The molecule has 2 N–H and O–H groups in total. The van der Waals surface area contributed by atoms with Gasteiger partial charge >= 0.3 is 0 Å². The molecule has 1 heterocycles. The van der Waals surface area contributed by atoms with Crippen molar-refractivity contribution in [3.8, 4) is 0 Å². The zero-order chi connectivity index (χ0) is 21.0. The SMILES string of the molecule is O=C(C[NH+]1CCN(S(=O)(=O)c2ccc3ccccc3c2)CC1)NCc1ccccc1. The maximum absolute atomic E-state index is 13.1. The maximum Gasteiger partial charge on any atom is 0.275 e. The van der Waals surface area contributed by atoms with E-state index >= 15 is 0 Å². The highest BCUT2D eigenvalue weighted by molar-refractivity contribution is 7.89. The molecule has 1 aliphatic rings. The van der Waals surface area contributed by atoms with Crippen LogP contribution in [0.4, 0.5) is 0 Å². The van der Waals surface area contributed by atoms with Gasteiger partial charge < -0.3 is 10.2 Å². The van der Waals surface area contributed by atoms with E-state index in [0.717, 1.165) is 21.2 Å². The molecular weight excluding hydrogens is 398 g/mol. The Hall–Kier alpha value is -2.74. The van der Waals surface area contributed by atoms with E-state index in [-0.39, 0.29) is 5.91 Å². The topological polar surface area (TPSA) is 70.9 Å². The van der Waals surface area contributed by atoms with Crippen LogP contribution in [0.25, 0.3) is 10.8 Å². The number of amides is 1. The van der Waals surface area contributed by atoms with Gasteiger partial charge in [-0.3, -0.25) is 4.79 Å². The maximum atomic E-state index is 13.1. The van der Waals surface area contributed by atoms with Crippen LogP contribution in [0.15, 0.2) is 77.7 Å². The Labute approximate surface area is 177 Å². The van der Waals surface area contributed by atoms with Gasteiger partial charge in [0, 0.05) is 6.54 Å². The van der Waals surface area contributed by atoms with E-state index in [9.17, 15) is 13.2 Å². The quantitative estimate of drug-likeness (QED) is 0.621. The Kier molecular flexibility index (Phi) is 6.13. The monoisotopic (exact) mass is 424 g/mol. The molecule has 1 aliphatic heterocycles. The largest absolute Gasteiger partial charge is 0.347 e. The summed E-state index contributed by atoms with van der Waals surface area (Å²) in [4.78, 5) is 13.7. The van der Waals surface area contributed by atoms with Crippen molar-refractivity contribution < 1.29 is 18.1 Å². The zero-order valence-corrected chi connectivity index (χ0v) is 17.6. The molecular formula is C23H26N3O3S+. The van der Waals surface area contributed by atoms with Crippen LogP contribution in [-0.2, 0) is 21.4 Å². The van der Waals surface area contributed by atoms with Crippen LogP contribution in [-0.4, -0.2) is 51.4 Å². The Morgan fingerprint density at radius 2 is 1.57 bits per heavy atom. The van der Waals surface area contributed by atoms with Gasteiger partial charge in [-0.2, -0.15) is 4.31 Å². The van der Waals surface area contributed by atoms with Crippen LogP contribution in [0.2, 0.25) is 0 Å². The van der Waals surface area contributed by atoms with E-state index < -0.39 is 10.0 Å². The van der Waals surface area contributed by atoms with Crippen molar-refractivity contribution in [1.29, 1.82) is 0 Å². The summed E-state index contributed by atoms with van der Waals surface area (Å²) in [5.41, 5.74) is 1.06. The van der Waals surface area contributed by atoms with Crippen LogP contribution in [0.1, 0.15) is 5.56 Å². The highest BCUT2D eigenvalue weighted by atomic mass is 32.2. The van der Waals surface area contributed by atoms with Gasteiger partial charge in [-0.25, -0.2) is 8.42 Å². The molecule has 7 heteroatoms. The summed E-state index contributed by atoms with van der Waals surface area (Å²) < 4.78 is 27.6. The summed E-state index contributed by atoms with van der Waals surface area (Å²) >= 11 is 0. The van der Waals surface area contributed by atoms with Gasteiger partial charge in [-0.05, 0) is 28.5 Å². The van der Waals surface area contributed by atoms with E-state index in [1.807, 2.05) is 60.7 Å². The predicted octanol–water partition coefficient (Wildman–Crippen LogP) is 1.05. The summed E-state index contributed by atoms with van der Waals surface area (Å²) in [5, 5.41) is 4.87. The number of benzene rings is 3. The van der Waals surface area contributed by atoms with Gasteiger partial charge in [0.25, 0.3) is 5.91 Å². The number of nitrogens with zero attached hydrogens (tertiary/aromatic N) is 1. The van der Waals surface area contributed by atoms with Crippen molar-refractivity contribution in [2.24, 2.45) is 0 Å². The van der Waals surface area contributed by atoms with Crippen molar-refractivity contribution in [3.63, 3.8) is 0 Å². The minimum absolute atomic E-state index is 0.0142. The fraction of sp³-hybridized carbons (Fsp3) is 0.261. The molecule has 0 bridgehead atoms. The molecule has 0 aromatic heterocycles. The molecule has 6 nitrogen and oxygen atoms in total. The molecule has 3 aromatic carbocycles. The molecule has 0 radical (unpaired) electrons. The van der Waals surface area contributed by atoms with Gasteiger partial charge in [-0.1, -0.05) is 60.7 Å². The predicted molar refractivity (Wildman–Crippen MR) is 117 cm³/mol. The zero-order valence-electron chi connectivity index (χ0n) is 16.8. The van der Waals surface area contributed by atoms with E-state index in [1.54, 1.807) is 12.1 Å². The van der Waals surface area contributed by atoms with Gasteiger partial charge in [0.05, 0.1) is 31.1 Å². The number of hydrogen-bond acceptors (Lipinski definition) is 3. The molecule has 4 rings (SSSR count). The average Bonchev–Trinajstić information content (AvgIpc) is 2.78. The molecule has 1 amide bonds. The highest BCUT2D eigenvalue weighted by Gasteiger charge is 2.31. The third-order valence-corrected chi connectivity index (χ3v) is 7.43. The second-order valence-corrected chi connectivity index (χ2v) is 9.54. The number of sulfonamides is 1. The van der Waals surface area contributed by atoms with Crippen LogP contribution in [0, 0.1) is 0 Å². The molecule has 0 unspecified atom stereocenters. The van der Waals surface area contributed by atoms with Gasteiger partial charge in [-0.15, -0.1) is 0 Å². The third-order valence-electron chi connectivity index (χ3n) is 5.53. The van der Waals surface area contributed by atoms with Gasteiger partial charge in [0.15, 0.2) is 6.54 Å². The van der Waals surface area contributed by atoms with Crippen LogP contribution in [0.3, 0.4) is 0 Å². The van der Waals surface area contributed by atoms with Crippen molar-refractivity contribution in [2.45, 2.75) is 11.4 Å². The van der Waals surface area contributed by atoms with Crippen LogP contribution < -0.4 is 10.2 Å². The summed E-state index contributed by atoms with van der Waals surface area (Å²) in [6.07, 6.45) is 0. The van der Waals surface area contributed by atoms with Crippen molar-refractivity contribution >= 4 is 26.7 Å². The van der Waals surface area contributed by atoms with E-state index in [2.05, 4.69) is 5.32 Å². The number of quaternary nitrogens is 1. The fourth-order valence-corrected chi connectivity index (χ4v) is 5.26. The minimum Gasteiger partial charge on any atom is -0.347 e. The Bertz CT molecular complexity index is 1120. The van der Waals surface area contributed by atoms with Crippen molar-refractivity contribution in [1.82, 2.24) is 9.62 Å². The Morgan fingerprint density at radius 3 is 2.30 bits per heavy atom. The fourth-order valence-electron chi connectivity index (χ4n) is 3.78. The first-order valence-corrected chi connectivity index (χ1v) is 11.6. The molecule has 1 fully saturated rings. The first-order chi connectivity index (χ1) is 14.5. The molecule has 156 valence electrons. The lowest BCUT2D eigenvalue weighted by Crippen LogP contribution is -3.15. The molecule has 0 saturated carbocycles. The lowest BCUT2D eigenvalue weighted by molar-refractivity contribution is -0.895. The smallest absolute Gasteiger partial charge is 0.275 e. The molecule has 0 aliphatic carbocycles. The average molecular weight is 425 g/mol. The summed E-state index contributed by atoms with van der Waals surface area (Å²) in [5.74, 6) is -0.0142. The number of rotatable bonds is 6. The normalized spacial score (nSPS) is 15.9. The number of piperazine rings is 1. The van der Waals surface area contributed by atoms with E-state index in [1.165, 1.54) is 4.31 Å². The van der Waals surface area contributed by atoms with Crippen molar-refractivity contribution in [2.75, 3.05) is 32.7 Å². The van der Waals surface area contributed by atoms with E-state index in [0.29, 0.717) is 44.2 Å². The number of hydrogen-bond donors (Lipinski definition) is 2. The second kappa shape index (κ2) is 8.95. The Morgan fingerprint density at radius 1 is 0.900 bits per heavy atom. The summed E-state index contributed by atoms with van der Waals surface area (Å²) in [6.45, 7) is 2.93. The first-order valence-electron chi connectivity index (χ1n) is 10.2. The van der Waals surface area contributed by atoms with Gasteiger partial charge in [0.2, 0.25) is 10.0 Å². The van der Waals surface area contributed by atoms with Crippen molar-refractivity contribution in [3.05, 3.63) is 78.4 Å². The minimum atomic E-state index is -3.53. The Balaban J connectivity index is 1.32. The molecule has 0 spiro atoms. The van der Waals surface area contributed by atoms with Crippen LogP contribution >= 0.6 is 0 Å². The summed E-state index contributed by atoms with van der Waals surface area (Å²) in [6, 6.07) is 22.8. The number of carbonyl (C=O) groups excluding carboxylic acids is 1. The summed E-state index contributed by atoms with van der Waals surface area (Å²) in [7, 11) is -3.53. The standard InChI is InChI=1S/C23H25N3O3S/c27-23(24-17-19-6-2-1-3-7-19)18-25-12-14-26(15-13-25)30(28,29)22-11-10-20-8-4-5-9-21(20)16-22/h1-11,16H,12-15,17-18H2,(H,24,27)/p+1. The van der Waals surface area contributed by atoms with Crippen LogP contribution in [0.5, 0.6) is 0 Å². The molecule has 1 saturated heterocycles. The lowest BCUT2D eigenvalue weighted by atomic mass is 10.1. The third kappa shape index (κ3) is 4.70. The molecule has 30 heavy (non-hydrogen) atoms. The molecule has 0 atom stereocenters. The van der Waals surface area contributed by atoms with E-state index in [4.69, 9.17) is 0 Å². The number of nitrogens with one attached hydrogen (secondary N) is 2. The lowest BCUT2D eigenvalue weighted by Gasteiger charge is -2.31. The highest BCUT2D eigenvalue weighted by Crippen LogP contribution is 2.21. The number of fused-ring (bicyclic) bond motifs is 1. The second-order valence-electron chi connectivity index (χ2n) is 7.60. The van der Waals surface area contributed by atoms with Gasteiger partial charge in [0.1, 0.15) is 0 Å².